The highest BCUT2D eigenvalue weighted by Crippen LogP contribution is 2.37. The number of amides is 2. The monoisotopic (exact) mass is 382 g/mol. The summed E-state index contributed by atoms with van der Waals surface area (Å²) in [6, 6.07) is 7.19. The average Bonchev–Trinajstić information content (AvgIpc) is 3.13. The number of carbonyl (C=O) groups excluding carboxylic acids is 1. The summed E-state index contributed by atoms with van der Waals surface area (Å²) in [5, 5.41) is 14.6. The largest absolute Gasteiger partial charge is 0.496 e. The van der Waals surface area contributed by atoms with Crippen LogP contribution in [-0.2, 0) is 14.1 Å². The van der Waals surface area contributed by atoms with Crippen LogP contribution in [0.5, 0.6) is 5.75 Å². The lowest BCUT2D eigenvalue weighted by atomic mass is 10.0. The fraction of sp³-hybridized carbons (Fsp3) is 0.350. The average molecular weight is 382 g/mol. The number of rotatable bonds is 5. The van der Waals surface area contributed by atoms with E-state index in [2.05, 4.69) is 20.8 Å². The minimum absolute atomic E-state index is 0.183. The Bertz CT molecular complexity index is 1000. The number of nitrogens with zero attached hydrogens (tertiary/aromatic N) is 4. The Labute approximate surface area is 164 Å². The quantitative estimate of drug-likeness (QED) is 0.709. The maximum absolute atomic E-state index is 12.7. The van der Waals surface area contributed by atoms with E-state index in [1.54, 1.807) is 29.7 Å². The predicted molar refractivity (Wildman–Crippen MR) is 108 cm³/mol. The van der Waals surface area contributed by atoms with Crippen molar-refractivity contribution in [2.75, 3.05) is 12.4 Å². The number of benzene rings is 1. The Hall–Kier alpha value is -3.29. The molecule has 8 nitrogen and oxygen atoms in total. The van der Waals surface area contributed by atoms with Gasteiger partial charge in [-0.1, -0.05) is 18.2 Å². The number of methoxy groups -OCH3 is 1. The predicted octanol–water partition coefficient (Wildman–Crippen LogP) is 3.33. The van der Waals surface area contributed by atoms with E-state index in [1.165, 1.54) is 0 Å². The Morgan fingerprint density at radius 2 is 1.89 bits per heavy atom. The first-order valence-electron chi connectivity index (χ1n) is 9.06. The first-order valence-corrected chi connectivity index (χ1v) is 9.06. The van der Waals surface area contributed by atoms with E-state index in [4.69, 9.17) is 4.74 Å². The molecule has 0 aliphatic rings. The normalized spacial score (nSPS) is 11.9. The molecule has 3 rings (SSSR count). The Balaban J connectivity index is 1.86. The number of urea groups is 1. The van der Waals surface area contributed by atoms with E-state index < -0.39 is 0 Å². The summed E-state index contributed by atoms with van der Waals surface area (Å²) in [5.74, 6) is 1.33. The zero-order valence-corrected chi connectivity index (χ0v) is 17.1. The van der Waals surface area contributed by atoms with E-state index in [0.717, 1.165) is 33.8 Å². The van der Waals surface area contributed by atoms with Gasteiger partial charge in [-0.15, -0.1) is 0 Å². The van der Waals surface area contributed by atoms with Crippen LogP contribution in [0.4, 0.5) is 10.6 Å². The number of nitrogens with one attached hydrogen (secondary N) is 2. The van der Waals surface area contributed by atoms with Gasteiger partial charge in [0.15, 0.2) is 0 Å². The van der Waals surface area contributed by atoms with Gasteiger partial charge in [0.2, 0.25) is 0 Å². The van der Waals surface area contributed by atoms with Crippen LogP contribution in [0, 0.1) is 13.8 Å². The van der Waals surface area contributed by atoms with Gasteiger partial charge in [-0.3, -0.25) is 14.7 Å². The molecule has 2 heterocycles. The smallest absolute Gasteiger partial charge is 0.320 e. The summed E-state index contributed by atoms with van der Waals surface area (Å²) in [7, 11) is 5.31. The number of aromatic nitrogens is 4. The second-order valence-corrected chi connectivity index (χ2v) is 6.76. The molecule has 1 aromatic carbocycles. The summed E-state index contributed by atoms with van der Waals surface area (Å²) in [6.45, 7) is 5.81. The third-order valence-corrected chi connectivity index (χ3v) is 4.92. The number of aryl methyl sites for hydroxylation is 3. The highest BCUT2D eigenvalue weighted by Gasteiger charge is 2.21. The van der Waals surface area contributed by atoms with Gasteiger partial charge < -0.3 is 10.1 Å². The van der Waals surface area contributed by atoms with Crippen molar-refractivity contribution < 1.29 is 9.53 Å². The van der Waals surface area contributed by atoms with E-state index >= 15 is 0 Å². The topological polar surface area (TPSA) is 86.0 Å². The number of hydrogen-bond donors (Lipinski definition) is 2. The van der Waals surface area contributed by atoms with Crippen molar-refractivity contribution in [3.8, 4) is 16.9 Å². The van der Waals surface area contributed by atoms with E-state index in [9.17, 15) is 4.79 Å². The second-order valence-electron chi connectivity index (χ2n) is 6.76. The molecule has 2 aromatic heterocycles. The molecule has 2 N–H and O–H groups in total. The molecule has 0 spiro atoms. The molecule has 148 valence electrons. The first kappa shape index (κ1) is 19.5. The molecular weight excluding hydrogens is 356 g/mol. The molecule has 0 fully saturated rings. The Morgan fingerprint density at radius 1 is 1.18 bits per heavy atom. The van der Waals surface area contributed by atoms with Gasteiger partial charge in [0.1, 0.15) is 11.6 Å². The molecule has 8 heteroatoms. The molecule has 0 saturated heterocycles. The highest BCUT2D eigenvalue weighted by atomic mass is 16.5. The van der Waals surface area contributed by atoms with Crippen LogP contribution in [0.15, 0.2) is 30.5 Å². The van der Waals surface area contributed by atoms with Crippen molar-refractivity contribution >= 4 is 11.8 Å². The second kappa shape index (κ2) is 7.75. The molecule has 0 aliphatic heterocycles. The van der Waals surface area contributed by atoms with Crippen LogP contribution >= 0.6 is 0 Å². The van der Waals surface area contributed by atoms with E-state index in [-0.39, 0.29) is 12.1 Å². The van der Waals surface area contributed by atoms with Crippen molar-refractivity contribution in [1.29, 1.82) is 0 Å². The van der Waals surface area contributed by atoms with Gasteiger partial charge in [0, 0.05) is 30.9 Å². The molecule has 1 atom stereocenters. The molecule has 3 aromatic rings. The SMILES string of the molecule is COc1ccccc1-c1c(C)nn(C)c1NC(=O)NC(C)c1cnn(C)c1C. The van der Waals surface area contributed by atoms with Crippen LogP contribution in [0.1, 0.15) is 29.9 Å². The maximum Gasteiger partial charge on any atom is 0.320 e. The zero-order chi connectivity index (χ0) is 20.4. The molecule has 2 amide bonds. The van der Waals surface area contributed by atoms with Crippen LogP contribution < -0.4 is 15.4 Å². The molecule has 0 aliphatic carbocycles. The fourth-order valence-corrected chi connectivity index (χ4v) is 3.33. The fourth-order valence-electron chi connectivity index (χ4n) is 3.33. The van der Waals surface area contributed by atoms with Crippen molar-refractivity contribution in [3.63, 3.8) is 0 Å². The Kier molecular flexibility index (Phi) is 5.39. The summed E-state index contributed by atoms with van der Waals surface area (Å²) in [4.78, 5) is 12.7. The van der Waals surface area contributed by atoms with Crippen molar-refractivity contribution in [2.24, 2.45) is 14.1 Å². The van der Waals surface area contributed by atoms with Crippen molar-refractivity contribution in [2.45, 2.75) is 26.8 Å². The highest BCUT2D eigenvalue weighted by molar-refractivity contribution is 5.94. The minimum Gasteiger partial charge on any atom is -0.496 e. The van der Waals surface area contributed by atoms with Crippen molar-refractivity contribution in [1.82, 2.24) is 24.9 Å². The molecular formula is C20H26N6O2. The van der Waals surface area contributed by atoms with Gasteiger partial charge >= 0.3 is 6.03 Å². The Morgan fingerprint density at radius 3 is 2.54 bits per heavy atom. The lowest BCUT2D eigenvalue weighted by Crippen LogP contribution is -2.32. The van der Waals surface area contributed by atoms with Gasteiger partial charge in [-0.25, -0.2) is 4.79 Å². The van der Waals surface area contributed by atoms with Gasteiger partial charge in [-0.05, 0) is 26.8 Å². The maximum atomic E-state index is 12.7. The summed E-state index contributed by atoms with van der Waals surface area (Å²) >= 11 is 0. The van der Waals surface area contributed by atoms with Gasteiger partial charge in [-0.2, -0.15) is 10.2 Å². The zero-order valence-electron chi connectivity index (χ0n) is 17.1. The van der Waals surface area contributed by atoms with Crippen LogP contribution in [0.2, 0.25) is 0 Å². The lowest BCUT2D eigenvalue weighted by molar-refractivity contribution is 0.249. The molecule has 0 bridgehead atoms. The van der Waals surface area contributed by atoms with E-state index in [1.807, 2.05) is 52.1 Å². The molecule has 28 heavy (non-hydrogen) atoms. The summed E-state index contributed by atoms with van der Waals surface area (Å²) in [6.07, 6.45) is 1.77. The number of para-hydroxylation sites is 1. The third kappa shape index (κ3) is 3.58. The standard InChI is InChI=1S/C20H26N6O2/c1-12(16-11-21-25(4)14(16)3)22-20(27)23-19-18(13(2)24-26(19)5)15-9-7-8-10-17(15)28-6/h7-12H,1-6H3,(H2,22,23,27). The third-order valence-electron chi connectivity index (χ3n) is 4.92. The van der Waals surface area contributed by atoms with Gasteiger partial charge in [0.05, 0.1) is 30.6 Å². The number of hydrogen-bond acceptors (Lipinski definition) is 4. The molecule has 1 unspecified atom stereocenters. The summed E-state index contributed by atoms with van der Waals surface area (Å²) in [5.41, 5.74) is 4.50. The van der Waals surface area contributed by atoms with Crippen LogP contribution in [0.25, 0.3) is 11.1 Å². The molecule has 0 radical (unpaired) electrons. The van der Waals surface area contributed by atoms with Gasteiger partial charge in [0.25, 0.3) is 0 Å². The van der Waals surface area contributed by atoms with E-state index in [0.29, 0.717) is 5.82 Å². The lowest BCUT2D eigenvalue weighted by Gasteiger charge is -2.16. The van der Waals surface area contributed by atoms with Crippen LogP contribution in [-0.4, -0.2) is 32.7 Å². The molecule has 0 saturated carbocycles. The number of ether oxygens (including phenoxy) is 1. The summed E-state index contributed by atoms with van der Waals surface area (Å²) < 4.78 is 8.94. The number of carbonyl (C=O) groups is 1. The number of anilines is 1. The van der Waals surface area contributed by atoms with Crippen LogP contribution in [0.3, 0.4) is 0 Å². The van der Waals surface area contributed by atoms with Crippen molar-refractivity contribution in [3.05, 3.63) is 47.4 Å². The first-order chi connectivity index (χ1) is 13.3. The minimum atomic E-state index is -0.310.